The number of phosphoric acid groups is 2. The van der Waals surface area contributed by atoms with E-state index in [4.69, 9.17) is 37.0 Å². The van der Waals surface area contributed by atoms with Crippen LogP contribution in [0.5, 0.6) is 0 Å². The number of ether oxygens (including phenoxy) is 4. The van der Waals surface area contributed by atoms with Gasteiger partial charge in [0, 0.05) is 25.7 Å². The van der Waals surface area contributed by atoms with Crippen LogP contribution < -0.4 is 0 Å². The van der Waals surface area contributed by atoms with Crippen molar-refractivity contribution in [3.63, 3.8) is 0 Å². The Bertz CT molecular complexity index is 1960. The van der Waals surface area contributed by atoms with Crippen LogP contribution in [-0.4, -0.2) is 96.7 Å². The molecule has 0 aliphatic rings. The van der Waals surface area contributed by atoms with Crippen molar-refractivity contribution in [1.82, 2.24) is 0 Å². The molecule has 0 amide bonds. The molecule has 0 aromatic rings. The van der Waals surface area contributed by atoms with E-state index in [1.165, 1.54) is 257 Å². The van der Waals surface area contributed by atoms with Crippen molar-refractivity contribution >= 4 is 39.5 Å². The second kappa shape index (κ2) is 74.5. The van der Waals surface area contributed by atoms with E-state index in [0.717, 1.165) is 102 Å². The van der Waals surface area contributed by atoms with Crippen LogP contribution in [0.3, 0.4) is 0 Å². The maximum absolute atomic E-state index is 13.1. The quantitative estimate of drug-likeness (QED) is 0.0222. The van der Waals surface area contributed by atoms with Gasteiger partial charge in [-0.15, -0.1) is 0 Å². The summed E-state index contributed by atoms with van der Waals surface area (Å²) < 4.78 is 68.8. The first kappa shape index (κ1) is 100. The highest BCUT2D eigenvalue weighted by atomic mass is 31.2. The van der Waals surface area contributed by atoms with Gasteiger partial charge in [-0.1, -0.05) is 388 Å². The monoisotopic (exact) mass is 1490 g/mol. The molecule has 0 saturated carbocycles. The normalized spacial score (nSPS) is 14.1. The highest BCUT2D eigenvalue weighted by molar-refractivity contribution is 7.47. The number of carbonyl (C=O) groups excluding carboxylic acids is 4. The number of unbranched alkanes of at least 4 members (excludes halogenated alkanes) is 51. The van der Waals surface area contributed by atoms with E-state index in [2.05, 4.69) is 41.5 Å². The van der Waals surface area contributed by atoms with E-state index in [1.807, 2.05) is 0 Å². The lowest BCUT2D eigenvalue weighted by molar-refractivity contribution is -0.161. The standard InChI is InChI=1S/C83H162O17P2/c1-7-10-12-14-16-18-20-22-23-31-37-43-49-55-61-67-82(87)99-78(71-93-80(85)65-59-53-47-41-35-21-19-17-15-13-11-8-2)73-97-101(89,90)95-69-77(84)70-96-102(91,92)98-74-79(72-94-81(86)66-60-54-48-42-36-30-26-24-28-33-39-45-51-57-63-75(4)5)100-83(88)68-62-56-50-44-38-32-27-25-29-34-40-46-52-58-64-76(6)9-3/h75-79,84H,7-74H2,1-6H3,(H,89,90)(H,91,92)/t76?,77-,78+,79+/m0/s1. The predicted molar refractivity (Wildman–Crippen MR) is 418 cm³/mol. The number of aliphatic hydroxyl groups excluding tert-OH is 1. The first-order valence-corrected chi connectivity index (χ1v) is 46.0. The van der Waals surface area contributed by atoms with Gasteiger partial charge in [-0.05, 0) is 37.5 Å². The van der Waals surface area contributed by atoms with Gasteiger partial charge in [-0.2, -0.15) is 0 Å². The highest BCUT2D eigenvalue weighted by Gasteiger charge is 2.30. The maximum atomic E-state index is 13.1. The van der Waals surface area contributed by atoms with Gasteiger partial charge >= 0.3 is 39.5 Å². The van der Waals surface area contributed by atoms with Gasteiger partial charge in [0.05, 0.1) is 26.4 Å². The number of hydrogen-bond donors (Lipinski definition) is 3. The smallest absolute Gasteiger partial charge is 0.462 e. The Labute approximate surface area is 626 Å². The number of phosphoric ester groups is 2. The number of aliphatic hydroxyl groups is 1. The first-order valence-electron chi connectivity index (χ1n) is 43.0. The number of carbonyl (C=O) groups is 4. The van der Waals surface area contributed by atoms with Crippen LogP contribution in [-0.2, 0) is 65.4 Å². The van der Waals surface area contributed by atoms with Crippen molar-refractivity contribution in [3.8, 4) is 0 Å². The fourth-order valence-corrected chi connectivity index (χ4v) is 14.4. The fraction of sp³-hybridized carbons (Fsp3) is 0.952. The van der Waals surface area contributed by atoms with Crippen LogP contribution in [0.1, 0.15) is 440 Å². The molecule has 0 rings (SSSR count). The second-order valence-corrected chi connectivity index (χ2v) is 33.5. The molecular formula is C83H162O17P2. The average Bonchev–Trinajstić information content (AvgIpc) is 0.908. The molecule has 0 bridgehead atoms. The minimum Gasteiger partial charge on any atom is -0.462 e. The summed E-state index contributed by atoms with van der Waals surface area (Å²) in [5.41, 5.74) is 0. The Morgan fingerprint density at radius 2 is 0.500 bits per heavy atom. The summed E-state index contributed by atoms with van der Waals surface area (Å²) in [6.45, 7) is 9.74. The summed E-state index contributed by atoms with van der Waals surface area (Å²) >= 11 is 0. The van der Waals surface area contributed by atoms with Crippen molar-refractivity contribution in [2.75, 3.05) is 39.6 Å². The third-order valence-corrected chi connectivity index (χ3v) is 21.7. The molecule has 19 heteroatoms. The lowest BCUT2D eigenvalue weighted by Crippen LogP contribution is -2.30. The minimum atomic E-state index is -4.96. The van der Waals surface area contributed by atoms with Crippen LogP contribution in [0.25, 0.3) is 0 Å². The molecule has 0 spiro atoms. The van der Waals surface area contributed by atoms with Gasteiger partial charge < -0.3 is 33.8 Å². The van der Waals surface area contributed by atoms with Gasteiger partial charge in [0.15, 0.2) is 12.2 Å². The molecule has 0 fully saturated rings. The lowest BCUT2D eigenvalue weighted by atomic mass is 9.99. The molecule has 102 heavy (non-hydrogen) atoms. The van der Waals surface area contributed by atoms with Crippen molar-refractivity contribution < 1.29 is 80.2 Å². The van der Waals surface area contributed by atoms with Crippen LogP contribution in [0.4, 0.5) is 0 Å². The van der Waals surface area contributed by atoms with Crippen LogP contribution in [0.15, 0.2) is 0 Å². The van der Waals surface area contributed by atoms with Crippen molar-refractivity contribution in [2.24, 2.45) is 11.8 Å². The highest BCUT2D eigenvalue weighted by Crippen LogP contribution is 2.45. The van der Waals surface area contributed by atoms with E-state index in [0.29, 0.717) is 25.7 Å². The van der Waals surface area contributed by atoms with Crippen molar-refractivity contribution in [3.05, 3.63) is 0 Å². The lowest BCUT2D eigenvalue weighted by Gasteiger charge is -2.21. The SMILES string of the molecule is CCCCCCCCCCCCCCCCCC(=O)O[C@H](COC(=O)CCCCCCCCCCCCCC)COP(=O)(O)OC[C@H](O)COP(=O)(O)OC[C@@H](COC(=O)CCCCCCCCCCCCCCCCC(C)C)OC(=O)CCCCCCCCCCCCCCCCC(C)CC. The Kier molecular flexibility index (Phi) is 73.1. The zero-order valence-electron chi connectivity index (χ0n) is 66.9. The molecule has 0 saturated heterocycles. The van der Waals surface area contributed by atoms with Gasteiger partial charge in [-0.3, -0.25) is 37.3 Å². The average molecular weight is 1490 g/mol. The number of hydrogen-bond acceptors (Lipinski definition) is 15. The maximum Gasteiger partial charge on any atom is 0.472 e. The van der Waals surface area contributed by atoms with E-state index in [9.17, 15) is 43.2 Å². The fourth-order valence-electron chi connectivity index (χ4n) is 12.9. The topological polar surface area (TPSA) is 237 Å². The van der Waals surface area contributed by atoms with Gasteiger partial charge in [0.25, 0.3) is 0 Å². The molecule has 0 radical (unpaired) electrons. The van der Waals surface area contributed by atoms with E-state index in [1.54, 1.807) is 0 Å². The molecule has 17 nitrogen and oxygen atoms in total. The van der Waals surface area contributed by atoms with Gasteiger partial charge in [0.1, 0.15) is 19.3 Å². The summed E-state index contributed by atoms with van der Waals surface area (Å²) in [5, 5.41) is 10.7. The molecule has 0 heterocycles. The third kappa shape index (κ3) is 74.9. The van der Waals surface area contributed by atoms with E-state index in [-0.39, 0.29) is 25.7 Å². The number of esters is 4. The Balaban J connectivity index is 5.27. The second-order valence-electron chi connectivity index (χ2n) is 30.6. The summed E-state index contributed by atoms with van der Waals surface area (Å²) in [5.74, 6) is -0.458. The largest absolute Gasteiger partial charge is 0.472 e. The van der Waals surface area contributed by atoms with E-state index < -0.39 is 97.5 Å². The molecule has 3 unspecified atom stereocenters. The molecular weight excluding hydrogens is 1330 g/mol. The summed E-state index contributed by atoms with van der Waals surface area (Å²) in [4.78, 5) is 73.1. The minimum absolute atomic E-state index is 0.108. The molecule has 0 aromatic heterocycles. The molecule has 606 valence electrons. The molecule has 0 aliphatic heterocycles. The zero-order valence-corrected chi connectivity index (χ0v) is 68.7. The summed E-state index contributed by atoms with van der Waals surface area (Å²) in [6, 6.07) is 0. The predicted octanol–water partition coefficient (Wildman–Crippen LogP) is 25.1. The zero-order chi connectivity index (χ0) is 74.9. The third-order valence-electron chi connectivity index (χ3n) is 19.8. The van der Waals surface area contributed by atoms with Crippen LogP contribution in [0.2, 0.25) is 0 Å². The molecule has 0 aromatic carbocycles. The van der Waals surface area contributed by atoms with Crippen molar-refractivity contribution in [2.45, 2.75) is 458 Å². The summed E-state index contributed by atoms with van der Waals surface area (Å²) in [6.07, 6.45) is 64.9. The van der Waals surface area contributed by atoms with Gasteiger partial charge in [-0.25, -0.2) is 9.13 Å². The van der Waals surface area contributed by atoms with E-state index >= 15 is 0 Å². The molecule has 0 aliphatic carbocycles. The van der Waals surface area contributed by atoms with Gasteiger partial charge in [0.2, 0.25) is 0 Å². The molecule has 6 atom stereocenters. The Morgan fingerprint density at radius 3 is 0.745 bits per heavy atom. The summed E-state index contributed by atoms with van der Waals surface area (Å²) in [7, 11) is -9.92. The van der Waals surface area contributed by atoms with Crippen molar-refractivity contribution in [1.29, 1.82) is 0 Å². The number of rotatable bonds is 82. The van der Waals surface area contributed by atoms with Crippen LogP contribution in [0, 0.1) is 11.8 Å². The molecule has 3 N–H and O–H groups in total. The Morgan fingerprint density at radius 1 is 0.284 bits per heavy atom. The Hall–Kier alpha value is -1.94. The van der Waals surface area contributed by atoms with Crippen LogP contribution >= 0.6 is 15.6 Å². The first-order chi connectivity index (χ1) is 49.4.